The molecule has 9 heteroatoms. The maximum atomic E-state index is 13.8. The minimum Gasteiger partial charge on any atom is -0.496 e. The molecule has 0 aliphatic carbocycles. The van der Waals surface area contributed by atoms with Crippen molar-refractivity contribution in [1.29, 1.82) is 0 Å². The van der Waals surface area contributed by atoms with E-state index < -0.39 is 12.0 Å². The van der Waals surface area contributed by atoms with E-state index in [-0.39, 0.29) is 12.2 Å². The first kappa shape index (κ1) is 26.2. The van der Waals surface area contributed by atoms with E-state index >= 15 is 0 Å². The van der Waals surface area contributed by atoms with Crippen molar-refractivity contribution in [3.05, 3.63) is 84.5 Å². The van der Waals surface area contributed by atoms with Gasteiger partial charge in [0.1, 0.15) is 5.75 Å². The molecule has 0 saturated heterocycles. The third-order valence-electron chi connectivity index (χ3n) is 5.83. The number of benzene rings is 2. The molecule has 2 heterocycles. The average molecular weight is 523 g/mol. The summed E-state index contributed by atoms with van der Waals surface area (Å²) in [5.41, 5.74) is 2.01. The Hall–Kier alpha value is -3.85. The number of nitrogens with zero attached hydrogens (tertiary/aromatic N) is 2. The third-order valence-corrected chi connectivity index (χ3v) is 6.81. The number of aromatic nitrogens is 1. The summed E-state index contributed by atoms with van der Waals surface area (Å²) in [6.07, 6.45) is 1.78. The SMILES string of the molecule is CCOC(=O)C1=C(C)N=c2s/c(=C\c3ccccc3OC)c(=O)n2[C@H]1c1ccc(OCC)c(OCC)c1. The number of rotatable bonds is 9. The number of hydrogen-bond donors (Lipinski definition) is 0. The van der Waals surface area contributed by atoms with Crippen LogP contribution in [0.25, 0.3) is 6.08 Å². The van der Waals surface area contributed by atoms with Crippen LogP contribution < -0.4 is 29.1 Å². The molecule has 0 N–H and O–H groups in total. The normalized spacial score (nSPS) is 15.2. The minimum atomic E-state index is -0.745. The highest BCUT2D eigenvalue weighted by Crippen LogP contribution is 2.36. The third kappa shape index (κ3) is 5.17. The van der Waals surface area contributed by atoms with E-state index in [1.54, 1.807) is 37.7 Å². The molecule has 4 rings (SSSR count). The van der Waals surface area contributed by atoms with Gasteiger partial charge in [-0.05, 0) is 57.5 Å². The van der Waals surface area contributed by atoms with Crippen molar-refractivity contribution in [1.82, 2.24) is 4.57 Å². The zero-order valence-electron chi connectivity index (χ0n) is 21.6. The molecule has 1 aliphatic heterocycles. The number of para-hydroxylation sites is 1. The van der Waals surface area contributed by atoms with Crippen molar-refractivity contribution in [2.75, 3.05) is 26.9 Å². The zero-order chi connectivity index (χ0) is 26.5. The second kappa shape index (κ2) is 11.5. The lowest BCUT2D eigenvalue weighted by Gasteiger charge is -2.25. The minimum absolute atomic E-state index is 0.202. The number of fused-ring (bicyclic) bond motifs is 1. The molecule has 0 spiro atoms. The van der Waals surface area contributed by atoms with Crippen LogP contribution in [0.4, 0.5) is 0 Å². The van der Waals surface area contributed by atoms with Crippen molar-refractivity contribution in [2.45, 2.75) is 33.7 Å². The van der Waals surface area contributed by atoms with Crippen molar-refractivity contribution < 1.29 is 23.7 Å². The fraction of sp³-hybridized carbons (Fsp3) is 0.321. The Morgan fingerprint density at radius 3 is 2.46 bits per heavy atom. The van der Waals surface area contributed by atoms with Crippen molar-refractivity contribution >= 4 is 23.4 Å². The molecule has 1 aromatic heterocycles. The van der Waals surface area contributed by atoms with Gasteiger partial charge in [0.05, 0.1) is 48.8 Å². The van der Waals surface area contributed by atoms with Crippen molar-refractivity contribution in [2.24, 2.45) is 4.99 Å². The molecule has 1 atom stereocenters. The molecule has 0 saturated carbocycles. The Kier molecular flexibility index (Phi) is 8.13. The largest absolute Gasteiger partial charge is 0.496 e. The van der Waals surface area contributed by atoms with Gasteiger partial charge in [0, 0.05) is 5.56 Å². The van der Waals surface area contributed by atoms with Gasteiger partial charge in [-0.3, -0.25) is 9.36 Å². The van der Waals surface area contributed by atoms with E-state index in [2.05, 4.69) is 4.99 Å². The highest BCUT2D eigenvalue weighted by molar-refractivity contribution is 7.07. The summed E-state index contributed by atoms with van der Waals surface area (Å²) in [6, 6.07) is 12.2. The second-order valence-corrected chi connectivity index (χ2v) is 9.13. The Morgan fingerprint density at radius 1 is 1.03 bits per heavy atom. The topological polar surface area (TPSA) is 88.4 Å². The average Bonchev–Trinajstić information content (AvgIpc) is 3.19. The molecule has 194 valence electrons. The van der Waals surface area contributed by atoms with Crippen LogP contribution in [0.3, 0.4) is 0 Å². The first-order chi connectivity index (χ1) is 17.9. The summed E-state index contributed by atoms with van der Waals surface area (Å²) in [5, 5.41) is 0. The smallest absolute Gasteiger partial charge is 0.338 e. The van der Waals surface area contributed by atoms with Gasteiger partial charge in [-0.2, -0.15) is 0 Å². The Morgan fingerprint density at radius 2 is 1.76 bits per heavy atom. The van der Waals surface area contributed by atoms with E-state index in [9.17, 15) is 9.59 Å². The first-order valence-electron chi connectivity index (χ1n) is 12.2. The van der Waals surface area contributed by atoms with Crippen LogP contribution >= 0.6 is 11.3 Å². The molecular weight excluding hydrogens is 492 g/mol. The standard InChI is InChI=1S/C28H30N2O6S/c1-6-34-21-14-13-19(15-22(21)35-7-2)25-24(27(32)36-8-3)17(4)29-28-30(25)26(31)23(37-28)16-18-11-9-10-12-20(18)33-5/h9-16,25H,6-8H2,1-5H3/b23-16-/t25-/m0/s1. The summed E-state index contributed by atoms with van der Waals surface area (Å²) < 4.78 is 24.4. The number of ether oxygens (including phenoxy) is 4. The van der Waals surface area contributed by atoms with Crippen LogP contribution in [0, 0.1) is 0 Å². The quantitative estimate of drug-likeness (QED) is 0.399. The van der Waals surface area contributed by atoms with Gasteiger partial charge in [0.25, 0.3) is 5.56 Å². The fourth-order valence-electron chi connectivity index (χ4n) is 4.27. The van der Waals surface area contributed by atoms with Gasteiger partial charge in [0.2, 0.25) is 0 Å². The summed E-state index contributed by atoms with van der Waals surface area (Å²) in [4.78, 5) is 32.1. The van der Waals surface area contributed by atoms with Crippen LogP contribution in [0.15, 0.2) is 63.5 Å². The van der Waals surface area contributed by atoms with Crippen LogP contribution in [-0.2, 0) is 9.53 Å². The van der Waals surface area contributed by atoms with Gasteiger partial charge in [0.15, 0.2) is 16.3 Å². The number of carbonyl (C=O) groups is 1. The predicted octanol–water partition coefficient (Wildman–Crippen LogP) is 3.60. The molecule has 0 bridgehead atoms. The van der Waals surface area contributed by atoms with Crippen molar-refractivity contribution in [3.8, 4) is 17.2 Å². The maximum absolute atomic E-state index is 13.8. The Balaban J connectivity index is 1.96. The van der Waals surface area contributed by atoms with Gasteiger partial charge >= 0.3 is 5.97 Å². The molecule has 2 aromatic carbocycles. The van der Waals surface area contributed by atoms with Crippen molar-refractivity contribution in [3.63, 3.8) is 0 Å². The highest BCUT2D eigenvalue weighted by Gasteiger charge is 2.34. The Bertz CT molecular complexity index is 1520. The summed E-state index contributed by atoms with van der Waals surface area (Å²) in [5.74, 6) is 1.27. The van der Waals surface area contributed by atoms with E-state index in [1.165, 1.54) is 11.3 Å². The number of esters is 1. The lowest BCUT2D eigenvalue weighted by atomic mass is 9.95. The molecule has 3 aromatic rings. The first-order valence-corrected chi connectivity index (χ1v) is 13.0. The molecule has 0 unspecified atom stereocenters. The van der Waals surface area contributed by atoms with Gasteiger partial charge in [-0.25, -0.2) is 9.79 Å². The van der Waals surface area contributed by atoms with Gasteiger partial charge < -0.3 is 18.9 Å². The summed E-state index contributed by atoms with van der Waals surface area (Å²) in [6.45, 7) is 8.40. The monoisotopic (exact) mass is 522 g/mol. The summed E-state index contributed by atoms with van der Waals surface area (Å²) in [7, 11) is 1.59. The van der Waals surface area contributed by atoms with E-state index in [0.717, 1.165) is 5.56 Å². The molecular formula is C28H30N2O6S. The highest BCUT2D eigenvalue weighted by atomic mass is 32.1. The van der Waals surface area contributed by atoms with Crippen LogP contribution in [0.2, 0.25) is 0 Å². The maximum Gasteiger partial charge on any atom is 0.338 e. The zero-order valence-corrected chi connectivity index (χ0v) is 22.4. The molecule has 37 heavy (non-hydrogen) atoms. The molecule has 1 aliphatic rings. The lowest BCUT2D eigenvalue weighted by molar-refractivity contribution is -0.139. The molecule has 0 radical (unpaired) electrons. The summed E-state index contributed by atoms with van der Waals surface area (Å²) >= 11 is 1.26. The van der Waals surface area contributed by atoms with Crippen LogP contribution in [-0.4, -0.2) is 37.5 Å². The van der Waals surface area contributed by atoms with Gasteiger partial charge in [-0.1, -0.05) is 35.6 Å². The molecule has 0 amide bonds. The number of thiazole rings is 1. The van der Waals surface area contributed by atoms with E-state index in [4.69, 9.17) is 18.9 Å². The van der Waals surface area contributed by atoms with Crippen LogP contribution in [0.5, 0.6) is 17.2 Å². The number of methoxy groups -OCH3 is 1. The molecule has 8 nitrogen and oxygen atoms in total. The number of hydrogen-bond acceptors (Lipinski definition) is 8. The second-order valence-electron chi connectivity index (χ2n) is 8.12. The van der Waals surface area contributed by atoms with E-state index in [1.807, 2.05) is 50.2 Å². The van der Waals surface area contributed by atoms with Crippen LogP contribution in [0.1, 0.15) is 44.9 Å². The number of allylic oxidation sites excluding steroid dienone is 1. The fourth-order valence-corrected chi connectivity index (χ4v) is 5.31. The predicted molar refractivity (Wildman–Crippen MR) is 142 cm³/mol. The van der Waals surface area contributed by atoms with Gasteiger partial charge in [-0.15, -0.1) is 0 Å². The lowest BCUT2D eigenvalue weighted by Crippen LogP contribution is -2.40. The molecule has 0 fully saturated rings. The van der Waals surface area contributed by atoms with E-state index in [0.29, 0.717) is 56.6 Å². The number of carbonyl (C=O) groups excluding carboxylic acids is 1. The Labute approximate surface area is 219 Å².